The molecule has 0 spiro atoms. The minimum atomic E-state index is -0.320. The maximum Gasteiger partial charge on any atom is 0.225 e. The van der Waals surface area contributed by atoms with E-state index in [2.05, 4.69) is 20.5 Å². The van der Waals surface area contributed by atoms with E-state index < -0.39 is 0 Å². The normalized spacial score (nSPS) is 14.5. The molecular weight excluding hydrogens is 385 g/mol. The van der Waals surface area contributed by atoms with Gasteiger partial charge < -0.3 is 15.1 Å². The number of carbonyl (C=O) groups is 1. The van der Waals surface area contributed by atoms with Gasteiger partial charge in [0.25, 0.3) is 0 Å². The Morgan fingerprint density at radius 1 is 1.43 bits per heavy atom. The predicted molar refractivity (Wildman–Crippen MR) is 104 cm³/mol. The van der Waals surface area contributed by atoms with Gasteiger partial charge in [-0.25, -0.2) is 14.4 Å². The van der Waals surface area contributed by atoms with Gasteiger partial charge in [-0.3, -0.25) is 4.79 Å². The number of halogens is 2. The third-order valence-corrected chi connectivity index (χ3v) is 4.60. The van der Waals surface area contributed by atoms with E-state index in [0.29, 0.717) is 48.7 Å². The number of aldehydes is 1. The molecule has 0 atom stereocenters. The fraction of sp³-hybridized carbons (Fsp3) is 0.263. The molecule has 7 nitrogen and oxygen atoms in total. The van der Waals surface area contributed by atoms with Gasteiger partial charge in [0, 0.05) is 19.2 Å². The van der Waals surface area contributed by atoms with Crippen molar-refractivity contribution in [2.75, 3.05) is 13.6 Å². The number of aromatic nitrogens is 2. The van der Waals surface area contributed by atoms with Crippen LogP contribution in [-0.4, -0.2) is 41.0 Å². The molecular formula is C19H19ClFN5O2. The van der Waals surface area contributed by atoms with Gasteiger partial charge in [-0.2, -0.15) is 5.10 Å². The summed E-state index contributed by atoms with van der Waals surface area (Å²) in [7, 11) is 1.66. The second-order valence-corrected chi connectivity index (χ2v) is 6.53. The summed E-state index contributed by atoms with van der Waals surface area (Å²) in [5.74, 6) is 0.658. The fourth-order valence-electron chi connectivity index (χ4n) is 2.93. The average molecular weight is 404 g/mol. The van der Waals surface area contributed by atoms with Gasteiger partial charge in [-0.1, -0.05) is 11.6 Å². The van der Waals surface area contributed by atoms with Gasteiger partial charge in [-0.15, -0.1) is 0 Å². The van der Waals surface area contributed by atoms with Gasteiger partial charge >= 0.3 is 0 Å². The number of hydrazone groups is 1. The van der Waals surface area contributed by atoms with Crippen molar-refractivity contribution >= 4 is 24.1 Å². The lowest BCUT2D eigenvalue weighted by atomic mass is 10.1. The summed E-state index contributed by atoms with van der Waals surface area (Å²) < 4.78 is 19.2. The highest BCUT2D eigenvalue weighted by Gasteiger charge is 2.24. The number of hydrogen-bond donors (Lipinski definition) is 1. The molecule has 0 radical (unpaired) electrons. The highest BCUT2D eigenvalue weighted by molar-refractivity contribution is 6.40. The van der Waals surface area contributed by atoms with Gasteiger partial charge in [-0.05, 0) is 37.1 Å². The van der Waals surface area contributed by atoms with E-state index in [1.807, 2.05) is 4.90 Å². The largest absolute Gasteiger partial charge is 0.438 e. The van der Waals surface area contributed by atoms with Crippen LogP contribution in [-0.2, 0) is 17.8 Å². The number of nitrogens with one attached hydrogen (secondary N) is 1. The Labute approximate surface area is 166 Å². The second-order valence-electron chi connectivity index (χ2n) is 6.12. The Bertz CT molecular complexity index is 948. The predicted octanol–water partition coefficient (Wildman–Crippen LogP) is 2.93. The number of benzene rings is 1. The number of ether oxygens (including phenoxy) is 1. The summed E-state index contributed by atoms with van der Waals surface area (Å²) in [6.07, 6.45) is 4.09. The summed E-state index contributed by atoms with van der Waals surface area (Å²) in [5, 5.41) is 4.02. The lowest BCUT2D eigenvalue weighted by Crippen LogP contribution is -2.32. The van der Waals surface area contributed by atoms with Crippen molar-refractivity contribution in [1.29, 1.82) is 0 Å². The standard InChI is InChI=1S/C19H19ClFN5O2/c1-12-7-13(21)3-4-18(12)28-19-14-5-6-26(9-16(14)23-11-24-19)17(8-25-22-2)15(20)10-27/h3-4,7-8,10-11,22H,5-6,9H2,1-2H3/b17-15-,25-8-. The van der Waals surface area contributed by atoms with Crippen LogP contribution in [0.5, 0.6) is 11.6 Å². The Hall–Kier alpha value is -3.00. The van der Waals surface area contributed by atoms with Crippen LogP contribution in [0.1, 0.15) is 16.8 Å². The van der Waals surface area contributed by atoms with Crippen molar-refractivity contribution in [3.8, 4) is 11.6 Å². The molecule has 2 heterocycles. The molecule has 2 aromatic rings. The Morgan fingerprint density at radius 3 is 2.96 bits per heavy atom. The molecule has 0 saturated heterocycles. The van der Waals surface area contributed by atoms with E-state index in [1.165, 1.54) is 24.7 Å². The van der Waals surface area contributed by atoms with Crippen LogP contribution in [0.4, 0.5) is 4.39 Å². The Morgan fingerprint density at radius 2 is 2.25 bits per heavy atom. The molecule has 1 N–H and O–H groups in total. The van der Waals surface area contributed by atoms with Gasteiger partial charge in [0.05, 0.1) is 24.2 Å². The lowest BCUT2D eigenvalue weighted by Gasteiger charge is -2.31. The molecule has 1 aromatic carbocycles. The molecule has 0 aliphatic carbocycles. The summed E-state index contributed by atoms with van der Waals surface area (Å²) in [5.41, 5.74) is 5.46. The maximum atomic E-state index is 13.3. The van der Waals surface area contributed by atoms with Crippen LogP contribution in [0, 0.1) is 12.7 Å². The zero-order valence-corrected chi connectivity index (χ0v) is 16.2. The zero-order valence-electron chi connectivity index (χ0n) is 15.4. The maximum absolute atomic E-state index is 13.3. The van der Waals surface area contributed by atoms with Crippen LogP contribution in [0.2, 0.25) is 0 Å². The number of allylic oxidation sites excluding steroid dienone is 2. The highest BCUT2D eigenvalue weighted by atomic mass is 35.5. The number of rotatable bonds is 6. The van der Waals surface area contributed by atoms with E-state index in [0.717, 1.165) is 11.3 Å². The smallest absolute Gasteiger partial charge is 0.225 e. The topological polar surface area (TPSA) is 79.7 Å². The van der Waals surface area contributed by atoms with Crippen LogP contribution in [0.15, 0.2) is 40.4 Å². The van der Waals surface area contributed by atoms with Crippen LogP contribution in [0.25, 0.3) is 0 Å². The number of aryl methyl sites for hydroxylation is 1. The van der Waals surface area contributed by atoms with E-state index in [1.54, 1.807) is 20.0 Å². The first-order chi connectivity index (χ1) is 13.5. The van der Waals surface area contributed by atoms with Gasteiger partial charge in [0.1, 0.15) is 22.9 Å². The first-order valence-electron chi connectivity index (χ1n) is 8.60. The zero-order chi connectivity index (χ0) is 20.1. The Balaban J connectivity index is 1.88. The van der Waals surface area contributed by atoms with Crippen LogP contribution in [0.3, 0.4) is 0 Å². The fourth-order valence-corrected chi connectivity index (χ4v) is 3.10. The molecule has 0 bridgehead atoms. The third-order valence-electron chi connectivity index (χ3n) is 4.32. The Kier molecular flexibility index (Phi) is 6.20. The average Bonchev–Trinajstić information content (AvgIpc) is 2.70. The second kappa shape index (κ2) is 8.79. The van der Waals surface area contributed by atoms with Crippen molar-refractivity contribution in [2.45, 2.75) is 19.9 Å². The van der Waals surface area contributed by atoms with Crippen molar-refractivity contribution in [2.24, 2.45) is 5.10 Å². The van der Waals surface area contributed by atoms with E-state index in [4.69, 9.17) is 16.3 Å². The molecule has 1 aliphatic rings. The summed E-state index contributed by atoms with van der Waals surface area (Å²) >= 11 is 6.06. The lowest BCUT2D eigenvalue weighted by molar-refractivity contribution is -0.104. The SMILES string of the molecule is CN/N=C\C(=C(\Cl)C=O)N1CCc2c(ncnc2Oc2ccc(F)cc2C)C1. The molecule has 28 heavy (non-hydrogen) atoms. The van der Waals surface area contributed by atoms with Crippen molar-refractivity contribution < 1.29 is 13.9 Å². The third kappa shape index (κ3) is 4.28. The number of nitrogens with zero attached hydrogens (tertiary/aromatic N) is 4. The van der Waals surface area contributed by atoms with Gasteiger partial charge in [0.2, 0.25) is 5.88 Å². The molecule has 1 aliphatic heterocycles. The minimum Gasteiger partial charge on any atom is -0.438 e. The molecule has 0 saturated carbocycles. The number of carbonyl (C=O) groups excluding carboxylic acids is 1. The monoisotopic (exact) mass is 403 g/mol. The quantitative estimate of drug-likeness (QED) is 0.346. The van der Waals surface area contributed by atoms with E-state index >= 15 is 0 Å². The molecule has 146 valence electrons. The summed E-state index contributed by atoms with van der Waals surface area (Å²) in [6.45, 7) is 2.77. The molecule has 3 rings (SSSR count). The molecule has 0 unspecified atom stereocenters. The van der Waals surface area contributed by atoms with Gasteiger partial charge in [0.15, 0.2) is 6.29 Å². The van der Waals surface area contributed by atoms with Crippen LogP contribution < -0.4 is 10.2 Å². The number of hydrogen-bond acceptors (Lipinski definition) is 7. The van der Waals surface area contributed by atoms with Crippen LogP contribution >= 0.6 is 11.6 Å². The van der Waals surface area contributed by atoms with E-state index in [-0.39, 0.29) is 10.8 Å². The molecule has 0 amide bonds. The summed E-state index contributed by atoms with van der Waals surface area (Å²) in [6, 6.07) is 4.33. The van der Waals surface area contributed by atoms with E-state index in [9.17, 15) is 9.18 Å². The molecule has 0 fully saturated rings. The molecule has 9 heteroatoms. The first kappa shape index (κ1) is 19.8. The number of fused-ring (bicyclic) bond motifs is 1. The molecule has 1 aromatic heterocycles. The first-order valence-corrected chi connectivity index (χ1v) is 8.97. The minimum absolute atomic E-state index is 0.0647. The van der Waals surface area contributed by atoms with Crippen molar-refractivity contribution in [3.05, 3.63) is 57.9 Å². The van der Waals surface area contributed by atoms with Crippen molar-refractivity contribution in [3.63, 3.8) is 0 Å². The summed E-state index contributed by atoms with van der Waals surface area (Å²) in [4.78, 5) is 21.7. The highest BCUT2D eigenvalue weighted by Crippen LogP contribution is 2.31. The van der Waals surface area contributed by atoms with Crippen molar-refractivity contribution in [1.82, 2.24) is 20.3 Å².